The number of allylic oxidation sites excluding steroid dienone is 1. The predicted molar refractivity (Wildman–Crippen MR) is 103 cm³/mol. The molecule has 10 heteroatoms. The monoisotopic (exact) mass is 430 g/mol. The van der Waals surface area contributed by atoms with Gasteiger partial charge < -0.3 is 5.32 Å². The third-order valence-corrected chi connectivity index (χ3v) is 6.32. The fraction of sp³-hybridized carbons (Fsp3) is 0.684. The van der Waals surface area contributed by atoms with Crippen molar-refractivity contribution in [2.75, 3.05) is 11.9 Å². The Morgan fingerprint density at radius 1 is 1.21 bits per heavy atom. The molecule has 2 aliphatic rings. The molecular weight excluding hydrogens is 405 g/mol. The van der Waals surface area contributed by atoms with E-state index in [4.69, 9.17) is 0 Å². The molecule has 0 spiro atoms. The summed E-state index contributed by atoms with van der Waals surface area (Å²) in [7, 11) is 0. The van der Waals surface area contributed by atoms with E-state index in [-0.39, 0.29) is 34.2 Å². The van der Waals surface area contributed by atoms with Crippen molar-refractivity contribution in [3.8, 4) is 0 Å². The number of aromatic nitrogens is 2. The number of hydrogen-bond acceptors (Lipinski definition) is 6. The van der Waals surface area contributed by atoms with Crippen LogP contribution in [0.3, 0.4) is 0 Å². The third kappa shape index (κ3) is 6.60. The molecule has 0 aromatic carbocycles. The van der Waals surface area contributed by atoms with Crippen LogP contribution >= 0.6 is 11.3 Å². The van der Waals surface area contributed by atoms with E-state index < -0.39 is 17.1 Å². The first-order chi connectivity index (χ1) is 13.8. The molecule has 0 radical (unpaired) electrons. The highest BCUT2D eigenvalue weighted by molar-refractivity contribution is 7.15. The zero-order valence-electron chi connectivity index (χ0n) is 16.0. The summed E-state index contributed by atoms with van der Waals surface area (Å²) in [6, 6.07) is -0.114. The number of Topliss-reactive ketones (excluding diaryl/α,β-unsaturated/α-hetero) is 1. The zero-order valence-corrected chi connectivity index (χ0v) is 16.8. The van der Waals surface area contributed by atoms with Crippen molar-refractivity contribution in [3.63, 3.8) is 0 Å². The van der Waals surface area contributed by atoms with Crippen LogP contribution < -0.4 is 10.6 Å². The Morgan fingerprint density at radius 3 is 2.59 bits per heavy atom. The number of anilines is 1. The molecule has 3 rings (SSSR count). The van der Waals surface area contributed by atoms with E-state index in [1.807, 2.05) is 0 Å². The minimum atomic E-state index is -4.59. The fourth-order valence-electron chi connectivity index (χ4n) is 3.67. The first-order valence-electron chi connectivity index (χ1n) is 9.97. The standard InChI is InChI=1S/C19H25F3N4O2S/c20-19(21,22)17-25-26-18(29-17)24-16(28)8-7-13(10-12-4-3-5-12)11-15(27)14-6-1-2-9-23-14/h7-8,12-14,23H,1-6,9-11H2,(H,24,26,28)/b8-7+/t13-,14+/m1/s1. The maximum absolute atomic E-state index is 12.6. The molecule has 29 heavy (non-hydrogen) atoms. The summed E-state index contributed by atoms with van der Waals surface area (Å²) in [6.45, 7) is 0.851. The molecule has 0 unspecified atom stereocenters. The summed E-state index contributed by atoms with van der Waals surface area (Å²) in [5, 5.41) is 10.6. The van der Waals surface area contributed by atoms with Crippen LogP contribution in [0.1, 0.15) is 56.4 Å². The second-order valence-corrected chi connectivity index (χ2v) is 8.70. The van der Waals surface area contributed by atoms with Gasteiger partial charge in [-0.3, -0.25) is 14.9 Å². The summed E-state index contributed by atoms with van der Waals surface area (Å²) >= 11 is 0.280. The lowest BCUT2D eigenvalue weighted by Gasteiger charge is -2.29. The van der Waals surface area contributed by atoms with Crippen LogP contribution in [0.5, 0.6) is 0 Å². The van der Waals surface area contributed by atoms with Gasteiger partial charge in [-0.1, -0.05) is 43.1 Å². The van der Waals surface area contributed by atoms with Crippen LogP contribution in [-0.2, 0) is 15.8 Å². The van der Waals surface area contributed by atoms with E-state index in [0.717, 1.165) is 45.1 Å². The van der Waals surface area contributed by atoms with Gasteiger partial charge in [0.25, 0.3) is 0 Å². The van der Waals surface area contributed by atoms with Gasteiger partial charge in [0.2, 0.25) is 16.0 Å². The Morgan fingerprint density at radius 2 is 2.00 bits per heavy atom. The lowest BCUT2D eigenvalue weighted by molar-refractivity contribution is -0.138. The van der Waals surface area contributed by atoms with E-state index in [1.165, 1.54) is 12.5 Å². The van der Waals surface area contributed by atoms with Crippen molar-refractivity contribution in [3.05, 3.63) is 17.2 Å². The van der Waals surface area contributed by atoms with Crippen LogP contribution in [-0.4, -0.2) is 34.5 Å². The van der Waals surface area contributed by atoms with E-state index in [9.17, 15) is 22.8 Å². The molecule has 2 fully saturated rings. The van der Waals surface area contributed by atoms with Crippen molar-refractivity contribution >= 4 is 28.2 Å². The molecule has 1 saturated carbocycles. The van der Waals surface area contributed by atoms with Crippen LogP contribution in [0.4, 0.5) is 18.3 Å². The molecule has 1 amide bonds. The number of rotatable bonds is 8. The maximum Gasteiger partial charge on any atom is 0.445 e. The first kappa shape index (κ1) is 21.9. The number of carbonyl (C=O) groups excluding carboxylic acids is 2. The molecular formula is C19H25F3N4O2S. The molecule has 1 saturated heterocycles. The zero-order chi connectivity index (χ0) is 20.9. The molecule has 0 bridgehead atoms. The molecule has 2 heterocycles. The van der Waals surface area contributed by atoms with E-state index >= 15 is 0 Å². The fourth-order valence-corrected chi connectivity index (χ4v) is 4.29. The van der Waals surface area contributed by atoms with Crippen molar-refractivity contribution < 1.29 is 22.8 Å². The summed E-state index contributed by atoms with van der Waals surface area (Å²) in [5.41, 5.74) is 0. The molecule has 1 aliphatic heterocycles. The molecule has 1 aromatic heterocycles. The van der Waals surface area contributed by atoms with Gasteiger partial charge in [-0.2, -0.15) is 13.2 Å². The van der Waals surface area contributed by atoms with E-state index in [1.54, 1.807) is 6.08 Å². The van der Waals surface area contributed by atoms with Gasteiger partial charge in [-0.15, -0.1) is 10.2 Å². The highest BCUT2D eigenvalue weighted by Gasteiger charge is 2.35. The van der Waals surface area contributed by atoms with Crippen LogP contribution in [0.25, 0.3) is 0 Å². The van der Waals surface area contributed by atoms with Gasteiger partial charge in [0.1, 0.15) is 5.78 Å². The van der Waals surface area contributed by atoms with Crippen LogP contribution in [0.15, 0.2) is 12.2 Å². The maximum atomic E-state index is 12.6. The van der Waals surface area contributed by atoms with E-state index in [0.29, 0.717) is 12.3 Å². The SMILES string of the molecule is O=C(/C=C/[C@@H](CC(=O)[C@@H]1CCCCN1)CC1CCC1)Nc1nnc(C(F)(F)F)s1. The van der Waals surface area contributed by atoms with Crippen molar-refractivity contribution in [2.24, 2.45) is 11.8 Å². The number of amides is 1. The van der Waals surface area contributed by atoms with Crippen molar-refractivity contribution in [1.29, 1.82) is 0 Å². The number of nitrogens with zero attached hydrogens (tertiary/aromatic N) is 2. The van der Waals surface area contributed by atoms with Crippen LogP contribution in [0, 0.1) is 11.8 Å². The molecule has 2 atom stereocenters. The first-order valence-corrected chi connectivity index (χ1v) is 10.8. The Hall–Kier alpha value is -1.81. The third-order valence-electron chi connectivity index (χ3n) is 5.44. The number of hydrogen-bond donors (Lipinski definition) is 2. The number of carbonyl (C=O) groups is 2. The predicted octanol–water partition coefficient (Wildman–Crippen LogP) is 3.96. The smallest absolute Gasteiger partial charge is 0.307 e. The van der Waals surface area contributed by atoms with Crippen molar-refractivity contribution in [2.45, 2.75) is 63.6 Å². The average Bonchev–Trinajstić information content (AvgIpc) is 3.12. The molecule has 6 nitrogen and oxygen atoms in total. The van der Waals surface area contributed by atoms with Gasteiger partial charge in [0.05, 0.1) is 6.04 Å². The summed E-state index contributed by atoms with van der Waals surface area (Å²) in [6.07, 6.45) is 6.06. The molecule has 1 aromatic rings. The van der Waals surface area contributed by atoms with Gasteiger partial charge in [-0.05, 0) is 43.7 Å². The minimum absolute atomic E-state index is 0.0533. The molecule has 160 valence electrons. The summed E-state index contributed by atoms with van der Waals surface area (Å²) in [4.78, 5) is 24.7. The summed E-state index contributed by atoms with van der Waals surface area (Å²) < 4.78 is 37.7. The summed E-state index contributed by atoms with van der Waals surface area (Å²) in [5.74, 6) is 0.106. The Balaban J connectivity index is 1.56. The normalized spacial score (nSPS) is 21.7. The number of piperidine rings is 1. The Bertz CT molecular complexity index is 740. The van der Waals surface area contributed by atoms with Gasteiger partial charge in [0, 0.05) is 6.42 Å². The quantitative estimate of drug-likeness (QED) is 0.610. The number of halogens is 3. The Labute approximate surface area is 171 Å². The average molecular weight is 430 g/mol. The second-order valence-electron chi connectivity index (χ2n) is 7.72. The number of nitrogens with one attached hydrogen (secondary N) is 2. The van der Waals surface area contributed by atoms with Gasteiger partial charge in [-0.25, -0.2) is 0 Å². The minimum Gasteiger partial charge on any atom is -0.307 e. The largest absolute Gasteiger partial charge is 0.445 e. The highest BCUT2D eigenvalue weighted by Crippen LogP contribution is 2.34. The van der Waals surface area contributed by atoms with E-state index in [2.05, 4.69) is 20.8 Å². The van der Waals surface area contributed by atoms with Crippen molar-refractivity contribution in [1.82, 2.24) is 15.5 Å². The van der Waals surface area contributed by atoms with Crippen LogP contribution in [0.2, 0.25) is 0 Å². The molecule has 1 aliphatic carbocycles. The van der Waals surface area contributed by atoms with Gasteiger partial charge in [0.15, 0.2) is 0 Å². The number of ketones is 1. The number of alkyl halides is 3. The lowest BCUT2D eigenvalue weighted by Crippen LogP contribution is -2.41. The molecule has 2 N–H and O–H groups in total. The topological polar surface area (TPSA) is 84.0 Å². The second kappa shape index (κ2) is 9.80. The highest BCUT2D eigenvalue weighted by atomic mass is 32.1. The Kier molecular flexibility index (Phi) is 7.39. The lowest BCUT2D eigenvalue weighted by atomic mass is 9.77. The van der Waals surface area contributed by atoms with Gasteiger partial charge >= 0.3 is 6.18 Å².